The molecule has 0 aliphatic rings. The lowest BCUT2D eigenvalue weighted by molar-refractivity contribution is -0.192. The van der Waals surface area contributed by atoms with Gasteiger partial charge in [0.25, 0.3) is 0 Å². The predicted octanol–water partition coefficient (Wildman–Crippen LogP) is 4.10. The third-order valence-electron chi connectivity index (χ3n) is 2.85. The maximum absolute atomic E-state index is 10.6. The molecule has 0 amide bonds. The Kier molecular flexibility index (Phi) is 8.35. The van der Waals surface area contributed by atoms with E-state index in [1.54, 1.807) is 0 Å². The van der Waals surface area contributed by atoms with Gasteiger partial charge in [-0.05, 0) is 11.1 Å². The number of hydrogen-bond acceptors (Lipinski definition) is 3. The first kappa shape index (κ1) is 20.1. The minimum absolute atomic E-state index is 0.390. The first-order valence-corrected chi connectivity index (χ1v) is 8.12. The van der Waals surface area contributed by atoms with E-state index in [9.17, 15) is 13.2 Å². The van der Waals surface area contributed by atoms with Crippen molar-refractivity contribution in [3.8, 4) is 0 Å². The fourth-order valence-electron chi connectivity index (χ4n) is 1.83. The molecule has 0 heterocycles. The molecule has 2 rings (SSSR count). The number of hydrogen-bond donors (Lipinski definition) is 2. The van der Waals surface area contributed by atoms with Gasteiger partial charge in [-0.25, -0.2) is 4.79 Å². The molecule has 2 aromatic carbocycles. The summed E-state index contributed by atoms with van der Waals surface area (Å²) in [7, 11) is 0. The molecule has 3 nitrogen and oxygen atoms in total. The Balaban J connectivity index is 0.000000351. The molecule has 0 unspecified atom stereocenters. The highest BCUT2D eigenvalue weighted by molar-refractivity contribution is 7.99. The number of carboxylic acids is 1. The van der Waals surface area contributed by atoms with Gasteiger partial charge in [-0.3, -0.25) is 0 Å². The van der Waals surface area contributed by atoms with Crippen molar-refractivity contribution >= 4 is 17.7 Å². The van der Waals surface area contributed by atoms with Gasteiger partial charge in [0.1, 0.15) is 0 Å². The molecular formula is C17H18F3NO2S. The van der Waals surface area contributed by atoms with Gasteiger partial charge in [0.15, 0.2) is 0 Å². The Morgan fingerprint density at radius 3 is 1.67 bits per heavy atom. The van der Waals surface area contributed by atoms with Crippen molar-refractivity contribution in [2.75, 3.05) is 12.3 Å². The second kappa shape index (κ2) is 10.00. The van der Waals surface area contributed by atoms with Crippen LogP contribution in [0.4, 0.5) is 13.2 Å². The molecule has 0 fully saturated rings. The molecule has 24 heavy (non-hydrogen) atoms. The highest BCUT2D eigenvalue weighted by atomic mass is 32.2. The number of alkyl halides is 3. The van der Waals surface area contributed by atoms with Crippen molar-refractivity contribution in [2.45, 2.75) is 11.4 Å². The van der Waals surface area contributed by atoms with Crippen LogP contribution in [0.2, 0.25) is 0 Å². The summed E-state index contributed by atoms with van der Waals surface area (Å²) in [6.07, 6.45) is -5.08. The number of carbonyl (C=O) groups is 1. The quantitative estimate of drug-likeness (QED) is 0.846. The largest absolute Gasteiger partial charge is 0.490 e. The Hall–Kier alpha value is -1.99. The van der Waals surface area contributed by atoms with Crippen molar-refractivity contribution in [1.29, 1.82) is 0 Å². The van der Waals surface area contributed by atoms with Gasteiger partial charge in [0.05, 0.1) is 5.25 Å². The molecule has 0 radical (unpaired) electrons. The van der Waals surface area contributed by atoms with Crippen molar-refractivity contribution in [3.05, 3.63) is 71.8 Å². The minimum Gasteiger partial charge on any atom is -0.475 e. The molecule has 130 valence electrons. The SMILES string of the molecule is NCCSC(c1ccccc1)c1ccccc1.O=C(O)C(F)(F)F. The van der Waals surface area contributed by atoms with E-state index in [2.05, 4.69) is 60.7 Å². The molecule has 0 bridgehead atoms. The monoisotopic (exact) mass is 357 g/mol. The summed E-state index contributed by atoms with van der Waals surface area (Å²) in [5.74, 6) is -1.78. The molecule has 0 aromatic heterocycles. The van der Waals surface area contributed by atoms with E-state index in [1.807, 2.05) is 11.8 Å². The number of halogens is 3. The van der Waals surface area contributed by atoms with E-state index in [0.717, 1.165) is 12.3 Å². The third kappa shape index (κ3) is 7.06. The maximum Gasteiger partial charge on any atom is 0.490 e. The van der Waals surface area contributed by atoms with Crippen LogP contribution in [0.5, 0.6) is 0 Å². The summed E-state index contributed by atoms with van der Waals surface area (Å²) in [5, 5.41) is 7.51. The molecule has 0 atom stereocenters. The fourth-order valence-corrected chi connectivity index (χ4v) is 2.90. The second-order valence-electron chi connectivity index (χ2n) is 4.66. The number of thioether (sulfide) groups is 1. The lowest BCUT2D eigenvalue weighted by Gasteiger charge is -2.17. The maximum atomic E-state index is 10.6. The van der Waals surface area contributed by atoms with Crippen molar-refractivity contribution in [1.82, 2.24) is 0 Å². The van der Waals surface area contributed by atoms with Gasteiger partial charge in [0.2, 0.25) is 0 Å². The van der Waals surface area contributed by atoms with E-state index < -0.39 is 12.1 Å². The Morgan fingerprint density at radius 1 is 1.00 bits per heavy atom. The zero-order chi connectivity index (χ0) is 18.0. The molecule has 0 aliphatic heterocycles. The molecule has 7 heteroatoms. The van der Waals surface area contributed by atoms with Gasteiger partial charge in [-0.15, -0.1) is 11.8 Å². The Bertz CT molecular complexity index is 567. The molecule has 0 saturated carbocycles. The lowest BCUT2D eigenvalue weighted by atomic mass is 10.0. The van der Waals surface area contributed by atoms with E-state index >= 15 is 0 Å². The first-order chi connectivity index (χ1) is 11.4. The minimum atomic E-state index is -5.08. The number of benzene rings is 2. The van der Waals surface area contributed by atoms with Crippen LogP contribution >= 0.6 is 11.8 Å². The van der Waals surface area contributed by atoms with E-state index in [1.165, 1.54) is 11.1 Å². The average molecular weight is 357 g/mol. The van der Waals surface area contributed by atoms with Gasteiger partial charge < -0.3 is 10.8 Å². The van der Waals surface area contributed by atoms with Crippen molar-refractivity contribution in [2.24, 2.45) is 5.73 Å². The van der Waals surface area contributed by atoms with Crippen LogP contribution < -0.4 is 5.73 Å². The van der Waals surface area contributed by atoms with Crippen LogP contribution in [0.25, 0.3) is 0 Å². The van der Waals surface area contributed by atoms with Crippen LogP contribution in [0.3, 0.4) is 0 Å². The molecule has 0 spiro atoms. The van der Waals surface area contributed by atoms with Crippen LogP contribution in [-0.2, 0) is 4.79 Å². The van der Waals surface area contributed by atoms with Crippen LogP contribution in [0.15, 0.2) is 60.7 Å². The van der Waals surface area contributed by atoms with E-state index in [4.69, 9.17) is 15.6 Å². The fraction of sp³-hybridized carbons (Fsp3) is 0.235. The van der Waals surface area contributed by atoms with Crippen molar-refractivity contribution < 1.29 is 23.1 Å². The highest BCUT2D eigenvalue weighted by Gasteiger charge is 2.38. The van der Waals surface area contributed by atoms with Gasteiger partial charge in [-0.2, -0.15) is 13.2 Å². The Morgan fingerprint density at radius 2 is 1.38 bits per heavy atom. The highest BCUT2D eigenvalue weighted by Crippen LogP contribution is 2.34. The number of carboxylic acid groups (broad SMARTS) is 1. The van der Waals surface area contributed by atoms with Crippen LogP contribution in [-0.4, -0.2) is 29.5 Å². The van der Waals surface area contributed by atoms with Crippen LogP contribution in [0, 0.1) is 0 Å². The molecular weight excluding hydrogens is 339 g/mol. The zero-order valence-electron chi connectivity index (χ0n) is 12.7. The third-order valence-corrected chi connectivity index (χ3v) is 4.20. The smallest absolute Gasteiger partial charge is 0.475 e. The van der Waals surface area contributed by atoms with E-state index in [-0.39, 0.29) is 0 Å². The molecule has 0 saturated heterocycles. The summed E-state index contributed by atoms with van der Waals surface area (Å²) in [5.41, 5.74) is 8.30. The summed E-state index contributed by atoms with van der Waals surface area (Å²) in [4.78, 5) is 8.90. The van der Waals surface area contributed by atoms with Crippen molar-refractivity contribution in [3.63, 3.8) is 0 Å². The average Bonchev–Trinajstić information content (AvgIpc) is 2.57. The van der Waals surface area contributed by atoms with Crippen LogP contribution in [0.1, 0.15) is 16.4 Å². The zero-order valence-corrected chi connectivity index (χ0v) is 13.6. The number of aliphatic carboxylic acids is 1. The summed E-state index contributed by atoms with van der Waals surface area (Å²) in [6, 6.07) is 21.2. The topological polar surface area (TPSA) is 63.3 Å². The number of nitrogens with two attached hydrogens (primary N) is 1. The summed E-state index contributed by atoms with van der Waals surface area (Å²) in [6.45, 7) is 0.723. The Labute approximate surface area is 142 Å². The van der Waals surface area contributed by atoms with E-state index in [0.29, 0.717) is 5.25 Å². The normalized spacial score (nSPS) is 10.9. The standard InChI is InChI=1S/C15H17NS.C2HF3O2/c16-11-12-17-15(13-7-3-1-4-8-13)14-9-5-2-6-10-14;3-2(4,5)1(6)7/h1-10,15H,11-12,16H2;(H,6,7). The molecule has 2 aromatic rings. The molecule has 0 aliphatic carbocycles. The van der Waals surface area contributed by atoms with Gasteiger partial charge in [-0.1, -0.05) is 60.7 Å². The van der Waals surface area contributed by atoms with Gasteiger partial charge >= 0.3 is 12.1 Å². The lowest BCUT2D eigenvalue weighted by Crippen LogP contribution is -2.21. The second-order valence-corrected chi connectivity index (χ2v) is 5.88. The summed E-state index contributed by atoms with van der Waals surface area (Å²) < 4.78 is 31.7. The predicted molar refractivity (Wildman–Crippen MR) is 89.9 cm³/mol. The van der Waals surface area contributed by atoms with Gasteiger partial charge in [0, 0.05) is 12.3 Å². The summed E-state index contributed by atoms with van der Waals surface area (Å²) >= 11 is 1.90. The number of rotatable bonds is 5. The molecule has 3 N–H and O–H groups in total. The first-order valence-electron chi connectivity index (χ1n) is 7.08.